The molecule has 2 rings (SSSR count). The van der Waals surface area contributed by atoms with Crippen LogP contribution in [0, 0.1) is 0 Å². The van der Waals surface area contributed by atoms with E-state index in [-0.39, 0.29) is 6.10 Å². The second-order valence-electron chi connectivity index (χ2n) is 4.17. The molecule has 0 amide bonds. The smallest absolute Gasteiger partial charge is 0.222 e. The van der Waals surface area contributed by atoms with Gasteiger partial charge >= 0.3 is 0 Å². The predicted octanol–water partition coefficient (Wildman–Crippen LogP) is 0.437. The Balaban J connectivity index is 1.93. The normalized spacial score (nSPS) is 28.1. The molecular weight excluding hydrogens is 222 g/mol. The number of nitrogens with zero attached hydrogens (tertiary/aromatic N) is 2. The molecule has 17 heavy (non-hydrogen) atoms. The van der Waals surface area contributed by atoms with Crippen molar-refractivity contribution in [3.05, 3.63) is 12.4 Å². The Morgan fingerprint density at radius 3 is 2.82 bits per heavy atom. The van der Waals surface area contributed by atoms with Gasteiger partial charge < -0.3 is 19.9 Å². The van der Waals surface area contributed by atoms with Gasteiger partial charge in [0, 0.05) is 19.6 Å². The second kappa shape index (κ2) is 4.85. The number of hydrogen-bond donors (Lipinski definition) is 2. The van der Waals surface area contributed by atoms with Gasteiger partial charge in [0.25, 0.3) is 0 Å². The van der Waals surface area contributed by atoms with Crippen molar-refractivity contribution in [3.63, 3.8) is 0 Å². The van der Waals surface area contributed by atoms with E-state index in [9.17, 15) is 5.11 Å². The van der Waals surface area contributed by atoms with Crippen LogP contribution in [0.15, 0.2) is 12.4 Å². The Bertz CT molecular complexity index is 371. The summed E-state index contributed by atoms with van der Waals surface area (Å²) in [6.45, 7) is 2.83. The molecule has 1 aromatic heterocycles. The summed E-state index contributed by atoms with van der Waals surface area (Å²) in [6, 6.07) is 0. The lowest BCUT2D eigenvalue weighted by atomic mass is 9.97. The van der Waals surface area contributed by atoms with E-state index in [1.807, 2.05) is 6.92 Å². The zero-order valence-electron chi connectivity index (χ0n) is 10.0. The first-order valence-electron chi connectivity index (χ1n) is 5.58. The van der Waals surface area contributed by atoms with E-state index < -0.39 is 5.60 Å². The van der Waals surface area contributed by atoms with E-state index in [2.05, 4.69) is 15.3 Å². The first kappa shape index (κ1) is 12.1. The Hall–Kier alpha value is -1.40. The number of rotatable bonds is 4. The van der Waals surface area contributed by atoms with Crippen LogP contribution in [-0.2, 0) is 4.74 Å². The summed E-state index contributed by atoms with van der Waals surface area (Å²) < 4.78 is 10.3. The first-order chi connectivity index (χ1) is 8.14. The molecule has 0 spiro atoms. The van der Waals surface area contributed by atoms with Crippen LogP contribution in [0.3, 0.4) is 0 Å². The summed E-state index contributed by atoms with van der Waals surface area (Å²) in [7, 11) is 1.56. The van der Waals surface area contributed by atoms with Gasteiger partial charge in [0.1, 0.15) is 5.60 Å². The summed E-state index contributed by atoms with van der Waals surface area (Å²) in [5.74, 6) is 1.07. The van der Waals surface area contributed by atoms with E-state index in [1.54, 1.807) is 19.5 Å². The van der Waals surface area contributed by atoms with Crippen molar-refractivity contribution in [2.75, 3.05) is 25.6 Å². The molecule has 2 atom stereocenters. The summed E-state index contributed by atoms with van der Waals surface area (Å²) in [4.78, 5) is 8.13. The molecule has 6 nitrogen and oxygen atoms in total. The van der Waals surface area contributed by atoms with E-state index in [1.165, 1.54) is 0 Å². The monoisotopic (exact) mass is 239 g/mol. The summed E-state index contributed by atoms with van der Waals surface area (Å²) >= 11 is 0. The van der Waals surface area contributed by atoms with Crippen molar-refractivity contribution < 1.29 is 14.6 Å². The molecule has 1 aromatic rings. The number of aromatic nitrogens is 2. The molecule has 6 heteroatoms. The van der Waals surface area contributed by atoms with Crippen molar-refractivity contribution in [2.45, 2.75) is 25.0 Å². The Morgan fingerprint density at radius 2 is 2.29 bits per heavy atom. The minimum atomic E-state index is -0.844. The standard InChI is InChI=1S/C11H17N3O3/c1-8-11(15,3-4-17-8)7-14-10-12-5-9(16-2)6-13-10/h5-6,8,15H,3-4,7H2,1-2H3,(H,12,13,14). The molecule has 1 aliphatic rings. The topological polar surface area (TPSA) is 76.5 Å². The van der Waals surface area contributed by atoms with Crippen molar-refractivity contribution in [1.82, 2.24) is 9.97 Å². The number of ether oxygens (including phenoxy) is 2. The van der Waals surface area contributed by atoms with Crippen molar-refractivity contribution in [3.8, 4) is 5.75 Å². The highest BCUT2D eigenvalue weighted by atomic mass is 16.5. The van der Waals surface area contributed by atoms with Crippen LogP contribution >= 0.6 is 0 Å². The van der Waals surface area contributed by atoms with Crippen LogP contribution < -0.4 is 10.1 Å². The summed E-state index contributed by atoms with van der Waals surface area (Å²) in [6.07, 6.45) is 3.60. The lowest BCUT2D eigenvalue weighted by Gasteiger charge is -2.26. The molecule has 94 valence electrons. The largest absolute Gasteiger partial charge is 0.494 e. The van der Waals surface area contributed by atoms with E-state index in [4.69, 9.17) is 9.47 Å². The van der Waals surface area contributed by atoms with Gasteiger partial charge in [-0.1, -0.05) is 0 Å². The van der Waals surface area contributed by atoms with Gasteiger partial charge in [-0.3, -0.25) is 0 Å². The van der Waals surface area contributed by atoms with Gasteiger partial charge in [-0.25, -0.2) is 9.97 Å². The maximum atomic E-state index is 10.3. The fourth-order valence-corrected chi connectivity index (χ4v) is 1.75. The SMILES string of the molecule is COc1cnc(NCC2(O)CCOC2C)nc1. The van der Waals surface area contributed by atoms with Crippen LogP contribution in [0.1, 0.15) is 13.3 Å². The number of aliphatic hydroxyl groups is 1. The quantitative estimate of drug-likeness (QED) is 0.794. The minimum Gasteiger partial charge on any atom is -0.494 e. The van der Waals surface area contributed by atoms with Crippen LogP contribution in [-0.4, -0.2) is 47.0 Å². The average Bonchev–Trinajstić information content (AvgIpc) is 2.68. The summed E-state index contributed by atoms with van der Waals surface area (Å²) in [5, 5.41) is 13.3. The molecule has 0 aliphatic carbocycles. The first-order valence-corrected chi connectivity index (χ1v) is 5.58. The third kappa shape index (κ3) is 2.65. The summed E-state index contributed by atoms with van der Waals surface area (Å²) in [5.41, 5.74) is -0.844. The van der Waals surface area contributed by atoms with Crippen molar-refractivity contribution in [1.29, 1.82) is 0 Å². The Morgan fingerprint density at radius 1 is 1.59 bits per heavy atom. The lowest BCUT2D eigenvalue weighted by molar-refractivity contribution is -0.0176. The predicted molar refractivity (Wildman–Crippen MR) is 62.1 cm³/mol. The average molecular weight is 239 g/mol. The highest BCUT2D eigenvalue weighted by Crippen LogP contribution is 2.25. The molecule has 1 aliphatic heterocycles. The van der Waals surface area contributed by atoms with Gasteiger partial charge in [-0.15, -0.1) is 0 Å². The zero-order valence-corrected chi connectivity index (χ0v) is 10.0. The van der Waals surface area contributed by atoms with Gasteiger partial charge in [-0.05, 0) is 6.92 Å². The molecular formula is C11H17N3O3. The lowest BCUT2D eigenvalue weighted by Crippen LogP contribution is -2.43. The van der Waals surface area contributed by atoms with Crippen LogP contribution in [0.4, 0.5) is 5.95 Å². The van der Waals surface area contributed by atoms with Gasteiger partial charge in [0.15, 0.2) is 5.75 Å². The number of hydrogen-bond acceptors (Lipinski definition) is 6. The highest BCUT2D eigenvalue weighted by molar-refractivity contribution is 5.27. The third-order valence-corrected chi connectivity index (χ3v) is 3.08. The fraction of sp³-hybridized carbons (Fsp3) is 0.636. The van der Waals surface area contributed by atoms with Crippen LogP contribution in [0.5, 0.6) is 5.75 Å². The van der Waals surface area contributed by atoms with Crippen molar-refractivity contribution in [2.24, 2.45) is 0 Å². The van der Waals surface area contributed by atoms with Gasteiger partial charge in [-0.2, -0.15) is 0 Å². The number of anilines is 1. The molecule has 0 aromatic carbocycles. The molecule has 0 bridgehead atoms. The zero-order chi connectivity index (χ0) is 12.3. The number of nitrogens with one attached hydrogen (secondary N) is 1. The van der Waals surface area contributed by atoms with Gasteiger partial charge in [0.2, 0.25) is 5.95 Å². The van der Waals surface area contributed by atoms with Crippen LogP contribution in [0.2, 0.25) is 0 Å². The molecule has 1 fully saturated rings. The maximum Gasteiger partial charge on any atom is 0.222 e. The molecule has 2 N–H and O–H groups in total. The van der Waals surface area contributed by atoms with Crippen molar-refractivity contribution >= 4 is 5.95 Å². The number of methoxy groups -OCH3 is 1. The minimum absolute atomic E-state index is 0.173. The maximum absolute atomic E-state index is 10.3. The molecule has 0 saturated carbocycles. The van der Waals surface area contributed by atoms with E-state index in [0.717, 1.165) is 0 Å². The Kier molecular flexibility index (Phi) is 3.44. The van der Waals surface area contributed by atoms with Gasteiger partial charge in [0.05, 0.1) is 25.6 Å². The molecule has 2 heterocycles. The molecule has 2 unspecified atom stereocenters. The molecule has 1 saturated heterocycles. The van der Waals surface area contributed by atoms with E-state index in [0.29, 0.717) is 31.3 Å². The fourth-order valence-electron chi connectivity index (χ4n) is 1.75. The Labute approximate surface area is 100.0 Å². The highest BCUT2D eigenvalue weighted by Gasteiger charge is 2.39. The molecule has 0 radical (unpaired) electrons. The second-order valence-corrected chi connectivity index (χ2v) is 4.17. The third-order valence-electron chi connectivity index (χ3n) is 3.08. The van der Waals surface area contributed by atoms with E-state index >= 15 is 0 Å². The van der Waals surface area contributed by atoms with Crippen LogP contribution in [0.25, 0.3) is 0 Å².